The summed E-state index contributed by atoms with van der Waals surface area (Å²) in [5.41, 5.74) is 2.36. The second-order valence-corrected chi connectivity index (χ2v) is 6.80. The highest BCUT2D eigenvalue weighted by atomic mass is 79.9. The molecule has 0 saturated heterocycles. The molecule has 1 N–H and O–H groups in total. The van der Waals surface area contributed by atoms with Gasteiger partial charge in [0.2, 0.25) is 0 Å². The van der Waals surface area contributed by atoms with E-state index in [0.29, 0.717) is 32.9 Å². The number of ether oxygens (including phenoxy) is 2. The van der Waals surface area contributed by atoms with Crippen molar-refractivity contribution in [2.75, 3.05) is 19.2 Å². The number of hydrazone groups is 1. The summed E-state index contributed by atoms with van der Waals surface area (Å²) in [6.07, 6.45) is 1.72. The molecule has 1 amide bonds. The lowest BCUT2D eigenvalue weighted by atomic mass is 10.1. The first-order valence-electron chi connectivity index (χ1n) is 8.22. The number of nitrogens with zero attached hydrogens (tertiary/aromatic N) is 2. The lowest BCUT2D eigenvalue weighted by Crippen LogP contribution is -2.21. The summed E-state index contributed by atoms with van der Waals surface area (Å²) >= 11 is 3.44. The van der Waals surface area contributed by atoms with Crippen LogP contribution in [0.15, 0.2) is 51.5 Å². The second-order valence-electron chi connectivity index (χ2n) is 5.95. The van der Waals surface area contributed by atoms with Crippen molar-refractivity contribution < 1.29 is 24.2 Å². The average Bonchev–Trinajstić information content (AvgIpc) is 2.95. The van der Waals surface area contributed by atoms with Crippen LogP contribution in [0.25, 0.3) is 6.08 Å². The van der Waals surface area contributed by atoms with Crippen molar-refractivity contribution in [1.82, 2.24) is 0 Å². The Balaban J connectivity index is 1.94. The van der Waals surface area contributed by atoms with E-state index in [4.69, 9.17) is 14.6 Å². The molecule has 0 saturated carbocycles. The van der Waals surface area contributed by atoms with Crippen LogP contribution < -0.4 is 14.5 Å². The number of carboxylic acids is 1. The molecule has 0 unspecified atom stereocenters. The summed E-state index contributed by atoms with van der Waals surface area (Å²) in [4.78, 5) is 23.9. The standard InChI is InChI=1S/C20H17BrN2O5/c1-11-15(8-12-9-16(21)18(28-3)17(10-12)27-2)19(24)23(22-11)14-6-4-13(5-7-14)20(25)26/h4-10H,1-3H3,(H,25,26)/b15-8+. The lowest BCUT2D eigenvalue weighted by Gasteiger charge is -2.12. The third-order valence-electron chi connectivity index (χ3n) is 4.19. The van der Waals surface area contributed by atoms with Crippen molar-refractivity contribution in [3.05, 3.63) is 57.6 Å². The third kappa shape index (κ3) is 3.63. The van der Waals surface area contributed by atoms with Crippen LogP contribution in [0.2, 0.25) is 0 Å². The fourth-order valence-corrected chi connectivity index (χ4v) is 3.41. The number of amides is 1. The van der Waals surface area contributed by atoms with Gasteiger partial charge in [0.25, 0.3) is 5.91 Å². The number of hydrogen-bond acceptors (Lipinski definition) is 5. The topological polar surface area (TPSA) is 88.4 Å². The fraction of sp³-hybridized carbons (Fsp3) is 0.150. The van der Waals surface area contributed by atoms with Crippen LogP contribution in [-0.4, -0.2) is 36.9 Å². The van der Waals surface area contributed by atoms with Gasteiger partial charge in [-0.3, -0.25) is 4.79 Å². The molecule has 0 bridgehead atoms. The zero-order valence-corrected chi connectivity index (χ0v) is 17.0. The number of aromatic carboxylic acids is 1. The van der Waals surface area contributed by atoms with E-state index < -0.39 is 5.97 Å². The summed E-state index contributed by atoms with van der Waals surface area (Å²) in [6, 6.07) is 9.55. The molecule has 2 aromatic rings. The summed E-state index contributed by atoms with van der Waals surface area (Å²) < 4.78 is 11.3. The van der Waals surface area contributed by atoms with Crippen LogP contribution in [-0.2, 0) is 4.79 Å². The molecule has 144 valence electrons. The minimum Gasteiger partial charge on any atom is -0.493 e. The van der Waals surface area contributed by atoms with Crippen molar-refractivity contribution in [2.45, 2.75) is 6.92 Å². The van der Waals surface area contributed by atoms with Gasteiger partial charge in [-0.05, 0) is 70.9 Å². The predicted molar refractivity (Wildman–Crippen MR) is 109 cm³/mol. The maximum Gasteiger partial charge on any atom is 0.335 e. The first kappa shape index (κ1) is 19.6. The Hall–Kier alpha value is -3.13. The highest BCUT2D eigenvalue weighted by Gasteiger charge is 2.29. The summed E-state index contributed by atoms with van der Waals surface area (Å²) in [7, 11) is 3.09. The number of halogens is 1. The molecule has 2 aromatic carbocycles. The van der Waals surface area contributed by atoms with Crippen LogP contribution in [0.5, 0.6) is 11.5 Å². The van der Waals surface area contributed by atoms with E-state index in [1.165, 1.54) is 24.3 Å². The minimum absolute atomic E-state index is 0.141. The van der Waals surface area contributed by atoms with E-state index in [1.54, 1.807) is 38.3 Å². The Morgan fingerprint density at radius 3 is 2.43 bits per heavy atom. The van der Waals surface area contributed by atoms with E-state index in [-0.39, 0.29) is 11.5 Å². The Bertz CT molecular complexity index is 1010. The van der Waals surface area contributed by atoms with Gasteiger partial charge in [0.05, 0.1) is 41.2 Å². The van der Waals surface area contributed by atoms with Gasteiger partial charge >= 0.3 is 5.97 Å². The quantitative estimate of drug-likeness (QED) is 0.704. The zero-order chi connectivity index (χ0) is 20.4. The van der Waals surface area contributed by atoms with Gasteiger partial charge < -0.3 is 14.6 Å². The molecule has 1 aliphatic rings. The second kappa shape index (κ2) is 7.85. The van der Waals surface area contributed by atoms with Crippen molar-refractivity contribution in [1.29, 1.82) is 0 Å². The largest absolute Gasteiger partial charge is 0.493 e. The molecule has 0 aliphatic carbocycles. The van der Waals surface area contributed by atoms with Crippen molar-refractivity contribution >= 4 is 45.3 Å². The van der Waals surface area contributed by atoms with Gasteiger partial charge in [-0.1, -0.05) is 0 Å². The molecular formula is C20H17BrN2O5. The molecule has 1 heterocycles. The number of carbonyl (C=O) groups is 2. The smallest absolute Gasteiger partial charge is 0.335 e. The third-order valence-corrected chi connectivity index (χ3v) is 4.78. The molecule has 7 nitrogen and oxygen atoms in total. The molecule has 0 spiro atoms. The minimum atomic E-state index is -1.03. The van der Waals surface area contributed by atoms with E-state index in [2.05, 4.69) is 21.0 Å². The van der Waals surface area contributed by atoms with E-state index in [1.807, 2.05) is 6.07 Å². The fourth-order valence-electron chi connectivity index (χ4n) is 2.79. The van der Waals surface area contributed by atoms with Gasteiger partial charge in [0.1, 0.15) is 0 Å². The molecule has 0 atom stereocenters. The Labute approximate surface area is 170 Å². The summed E-state index contributed by atoms with van der Waals surface area (Å²) in [5.74, 6) is -0.233. The number of carboxylic acid groups (broad SMARTS) is 1. The first-order valence-corrected chi connectivity index (χ1v) is 9.01. The normalized spacial score (nSPS) is 15.0. The Morgan fingerprint density at radius 1 is 1.18 bits per heavy atom. The molecule has 28 heavy (non-hydrogen) atoms. The maximum atomic E-state index is 12.9. The number of methoxy groups -OCH3 is 2. The SMILES string of the molecule is COc1cc(/C=C2/C(=O)N(c3ccc(C(=O)O)cc3)N=C2C)cc(Br)c1OC. The number of carbonyl (C=O) groups excluding carboxylic acids is 1. The number of benzene rings is 2. The van der Waals surface area contributed by atoms with Crippen molar-refractivity contribution in [3.8, 4) is 11.5 Å². The van der Waals surface area contributed by atoms with Gasteiger partial charge in [-0.2, -0.15) is 10.1 Å². The molecule has 8 heteroatoms. The number of hydrogen-bond donors (Lipinski definition) is 1. The van der Waals surface area contributed by atoms with E-state index in [9.17, 15) is 9.59 Å². The highest BCUT2D eigenvalue weighted by molar-refractivity contribution is 9.10. The Morgan fingerprint density at radius 2 is 1.86 bits per heavy atom. The van der Waals surface area contributed by atoms with E-state index >= 15 is 0 Å². The maximum absolute atomic E-state index is 12.9. The highest BCUT2D eigenvalue weighted by Crippen LogP contribution is 2.37. The van der Waals surface area contributed by atoms with Crippen LogP contribution >= 0.6 is 15.9 Å². The zero-order valence-electron chi connectivity index (χ0n) is 15.4. The number of anilines is 1. The lowest BCUT2D eigenvalue weighted by molar-refractivity contribution is -0.114. The summed E-state index contributed by atoms with van der Waals surface area (Å²) in [5, 5.41) is 14.6. The van der Waals surface area contributed by atoms with Gasteiger partial charge in [0, 0.05) is 0 Å². The van der Waals surface area contributed by atoms with Crippen molar-refractivity contribution in [3.63, 3.8) is 0 Å². The molecule has 1 aliphatic heterocycles. The number of rotatable bonds is 5. The van der Waals surface area contributed by atoms with Gasteiger partial charge in [-0.15, -0.1) is 0 Å². The average molecular weight is 445 g/mol. The van der Waals surface area contributed by atoms with Gasteiger partial charge in [0.15, 0.2) is 11.5 Å². The van der Waals surface area contributed by atoms with Crippen LogP contribution in [0.3, 0.4) is 0 Å². The molecule has 0 aromatic heterocycles. The predicted octanol–water partition coefficient (Wildman–Crippen LogP) is 3.97. The Kier molecular flexibility index (Phi) is 5.51. The molecule has 3 rings (SSSR count). The van der Waals surface area contributed by atoms with Crippen LogP contribution in [0, 0.1) is 0 Å². The molecule has 0 radical (unpaired) electrons. The van der Waals surface area contributed by atoms with Crippen molar-refractivity contribution in [2.24, 2.45) is 5.10 Å². The van der Waals surface area contributed by atoms with Crippen LogP contribution in [0.1, 0.15) is 22.8 Å². The van der Waals surface area contributed by atoms with Crippen LogP contribution in [0.4, 0.5) is 5.69 Å². The monoisotopic (exact) mass is 444 g/mol. The molecule has 0 fully saturated rings. The molecular weight excluding hydrogens is 428 g/mol. The van der Waals surface area contributed by atoms with E-state index in [0.717, 1.165) is 5.56 Å². The van der Waals surface area contributed by atoms with Gasteiger partial charge in [-0.25, -0.2) is 4.79 Å². The first-order chi connectivity index (χ1) is 13.3. The summed E-state index contributed by atoms with van der Waals surface area (Å²) in [6.45, 7) is 1.74.